The average Bonchev–Trinajstić information content (AvgIpc) is 3.04. The largest absolute Gasteiger partial charge is 0.376 e. The van der Waals surface area contributed by atoms with Crippen LogP contribution in [0.1, 0.15) is 19.3 Å². The Labute approximate surface area is 143 Å². The molecule has 2 aromatic rings. The summed E-state index contributed by atoms with van der Waals surface area (Å²) in [7, 11) is 0. The monoisotopic (exact) mass is 349 g/mol. The highest BCUT2D eigenvalue weighted by Crippen LogP contribution is 2.22. The second-order valence-corrected chi connectivity index (χ2v) is 6.86. The van der Waals surface area contributed by atoms with Crippen molar-refractivity contribution in [3.05, 3.63) is 33.6 Å². The van der Waals surface area contributed by atoms with Gasteiger partial charge in [0, 0.05) is 23.8 Å². The van der Waals surface area contributed by atoms with Gasteiger partial charge >= 0.3 is 0 Å². The second-order valence-electron chi connectivity index (χ2n) is 5.36. The van der Waals surface area contributed by atoms with Gasteiger partial charge in [0.25, 0.3) is 5.56 Å². The minimum atomic E-state index is -0.0818. The molecule has 2 heterocycles. The Morgan fingerprint density at radius 1 is 1.52 bits per heavy atom. The van der Waals surface area contributed by atoms with Gasteiger partial charge in [-0.15, -0.1) is 0 Å². The number of rotatable bonds is 5. The molecular weight excluding hydrogens is 334 g/mol. The van der Waals surface area contributed by atoms with Crippen LogP contribution >= 0.6 is 23.4 Å². The zero-order chi connectivity index (χ0) is 16.2. The van der Waals surface area contributed by atoms with E-state index in [1.165, 1.54) is 11.8 Å². The highest BCUT2D eigenvalue weighted by Gasteiger charge is 2.20. The Morgan fingerprint density at radius 3 is 3.13 bits per heavy atom. The summed E-state index contributed by atoms with van der Waals surface area (Å²) in [5.41, 5.74) is 0.507. The summed E-state index contributed by atoms with van der Waals surface area (Å²) in [4.78, 5) is 17.4. The molecule has 120 valence electrons. The number of hydrogen-bond acceptors (Lipinski definition) is 5. The van der Waals surface area contributed by atoms with Crippen molar-refractivity contribution < 1.29 is 4.74 Å². The van der Waals surface area contributed by atoms with Crippen molar-refractivity contribution in [1.82, 2.24) is 9.55 Å². The highest BCUT2D eigenvalue weighted by atomic mass is 35.5. The maximum Gasteiger partial charge on any atom is 0.262 e. The van der Waals surface area contributed by atoms with E-state index in [9.17, 15) is 4.79 Å². The number of ether oxygens (including phenoxy) is 1. The lowest BCUT2D eigenvalue weighted by atomic mass is 10.2. The summed E-state index contributed by atoms with van der Waals surface area (Å²) in [5.74, 6) is 0.598. The van der Waals surface area contributed by atoms with Gasteiger partial charge in [-0.25, -0.2) is 4.98 Å². The number of nitrogens with zero attached hydrogens (tertiary/aromatic N) is 3. The Kier molecular flexibility index (Phi) is 5.21. The van der Waals surface area contributed by atoms with E-state index in [0.717, 1.165) is 19.4 Å². The van der Waals surface area contributed by atoms with Gasteiger partial charge in [-0.2, -0.15) is 5.26 Å². The number of halogens is 1. The van der Waals surface area contributed by atoms with Gasteiger partial charge in [-0.1, -0.05) is 23.4 Å². The summed E-state index contributed by atoms with van der Waals surface area (Å²) in [5, 5.41) is 10.4. The van der Waals surface area contributed by atoms with Crippen LogP contribution in [0, 0.1) is 11.3 Å². The second kappa shape index (κ2) is 7.35. The molecule has 1 saturated heterocycles. The third-order valence-electron chi connectivity index (χ3n) is 3.74. The van der Waals surface area contributed by atoms with Crippen LogP contribution in [0.3, 0.4) is 0 Å². The maximum absolute atomic E-state index is 12.8. The standard InChI is InChI=1S/C16H16ClN3O2S/c17-11-4-5-13-14(9-11)19-16(23-8-2-6-18)20(15(13)21)10-12-3-1-7-22-12/h4-5,9,12H,1-3,7-8,10H2/t12-/m1/s1. The van der Waals surface area contributed by atoms with Gasteiger partial charge in [-0.05, 0) is 31.0 Å². The van der Waals surface area contributed by atoms with Crippen molar-refractivity contribution >= 4 is 34.3 Å². The smallest absolute Gasteiger partial charge is 0.262 e. The Bertz CT molecular complexity index is 809. The van der Waals surface area contributed by atoms with Crippen molar-refractivity contribution in [1.29, 1.82) is 5.26 Å². The SMILES string of the molecule is N#CCCSc1nc2cc(Cl)ccc2c(=O)n1C[C@H]1CCCO1. The van der Waals surface area contributed by atoms with E-state index < -0.39 is 0 Å². The van der Waals surface area contributed by atoms with Crippen molar-refractivity contribution in [3.8, 4) is 6.07 Å². The van der Waals surface area contributed by atoms with Crippen LogP contribution < -0.4 is 5.56 Å². The van der Waals surface area contributed by atoms with Crippen molar-refractivity contribution in [2.24, 2.45) is 0 Å². The van der Waals surface area contributed by atoms with Crippen LogP contribution in [0.25, 0.3) is 10.9 Å². The van der Waals surface area contributed by atoms with Crippen LogP contribution in [0.2, 0.25) is 5.02 Å². The molecule has 1 aromatic heterocycles. The molecule has 1 aromatic carbocycles. The van der Waals surface area contributed by atoms with E-state index in [1.807, 2.05) is 0 Å². The van der Waals surface area contributed by atoms with Crippen molar-refractivity contribution in [2.75, 3.05) is 12.4 Å². The summed E-state index contributed by atoms with van der Waals surface area (Å²) in [6, 6.07) is 7.22. The Hall–Kier alpha value is -1.55. The first kappa shape index (κ1) is 16.3. The number of fused-ring (bicyclic) bond motifs is 1. The van der Waals surface area contributed by atoms with Crippen LogP contribution in [0.5, 0.6) is 0 Å². The van der Waals surface area contributed by atoms with Gasteiger partial charge < -0.3 is 4.74 Å². The van der Waals surface area contributed by atoms with Crippen LogP contribution in [0.4, 0.5) is 0 Å². The first-order chi connectivity index (χ1) is 11.2. The molecule has 5 nitrogen and oxygen atoms in total. The van der Waals surface area contributed by atoms with Crippen LogP contribution in [-0.4, -0.2) is 28.0 Å². The molecule has 0 amide bonds. The molecule has 0 spiro atoms. The number of hydrogen-bond donors (Lipinski definition) is 0. The molecule has 1 atom stereocenters. The average molecular weight is 350 g/mol. The fourth-order valence-electron chi connectivity index (χ4n) is 2.62. The zero-order valence-corrected chi connectivity index (χ0v) is 14.1. The van der Waals surface area contributed by atoms with Gasteiger partial charge in [-0.3, -0.25) is 9.36 Å². The Balaban J connectivity index is 2.03. The molecule has 1 aliphatic rings. The molecule has 1 aliphatic heterocycles. The van der Waals surface area contributed by atoms with Gasteiger partial charge in [0.2, 0.25) is 0 Å². The van der Waals surface area contributed by atoms with Crippen LogP contribution in [0.15, 0.2) is 28.2 Å². The molecule has 0 unspecified atom stereocenters. The number of aromatic nitrogens is 2. The lowest BCUT2D eigenvalue weighted by molar-refractivity contribution is 0.0937. The van der Waals surface area contributed by atoms with E-state index >= 15 is 0 Å². The quantitative estimate of drug-likeness (QED) is 0.471. The van der Waals surface area contributed by atoms with E-state index in [1.54, 1.807) is 22.8 Å². The van der Waals surface area contributed by atoms with E-state index in [4.69, 9.17) is 21.6 Å². The molecule has 0 N–H and O–H groups in total. The summed E-state index contributed by atoms with van der Waals surface area (Å²) in [6.45, 7) is 1.24. The van der Waals surface area contributed by atoms with Gasteiger partial charge in [0.15, 0.2) is 5.16 Å². The molecule has 0 radical (unpaired) electrons. The molecule has 7 heteroatoms. The van der Waals surface area contributed by atoms with Crippen molar-refractivity contribution in [2.45, 2.75) is 37.1 Å². The number of thioether (sulfide) groups is 1. The molecular formula is C16H16ClN3O2S. The lowest BCUT2D eigenvalue weighted by Crippen LogP contribution is -2.28. The topological polar surface area (TPSA) is 67.9 Å². The fourth-order valence-corrected chi connectivity index (χ4v) is 3.64. The summed E-state index contributed by atoms with van der Waals surface area (Å²) >= 11 is 7.43. The molecule has 0 saturated carbocycles. The zero-order valence-electron chi connectivity index (χ0n) is 12.5. The van der Waals surface area contributed by atoms with Gasteiger partial charge in [0.1, 0.15) is 0 Å². The third kappa shape index (κ3) is 3.69. The highest BCUT2D eigenvalue weighted by molar-refractivity contribution is 7.99. The fraction of sp³-hybridized carbons (Fsp3) is 0.438. The molecule has 3 rings (SSSR count). The summed E-state index contributed by atoms with van der Waals surface area (Å²) in [6.07, 6.45) is 2.43. The minimum absolute atomic E-state index is 0.0505. The maximum atomic E-state index is 12.8. The normalized spacial score (nSPS) is 17.5. The predicted octanol–water partition coefficient (Wildman–Crippen LogP) is 3.23. The first-order valence-electron chi connectivity index (χ1n) is 7.50. The number of nitriles is 1. The van der Waals surface area contributed by atoms with Gasteiger partial charge in [0.05, 0.1) is 29.6 Å². The minimum Gasteiger partial charge on any atom is -0.376 e. The molecule has 0 aliphatic carbocycles. The van der Waals surface area contributed by atoms with E-state index in [2.05, 4.69) is 11.1 Å². The molecule has 23 heavy (non-hydrogen) atoms. The Morgan fingerprint density at radius 2 is 2.39 bits per heavy atom. The van der Waals surface area contributed by atoms with E-state index in [0.29, 0.717) is 39.8 Å². The third-order valence-corrected chi connectivity index (χ3v) is 4.95. The van der Waals surface area contributed by atoms with E-state index in [-0.39, 0.29) is 11.7 Å². The predicted molar refractivity (Wildman–Crippen MR) is 90.9 cm³/mol. The number of benzene rings is 1. The first-order valence-corrected chi connectivity index (χ1v) is 8.87. The van der Waals surface area contributed by atoms with Crippen molar-refractivity contribution in [3.63, 3.8) is 0 Å². The molecule has 1 fully saturated rings. The lowest BCUT2D eigenvalue weighted by Gasteiger charge is -2.16. The summed E-state index contributed by atoms with van der Waals surface area (Å²) < 4.78 is 7.33. The van der Waals surface area contributed by atoms with Crippen LogP contribution in [-0.2, 0) is 11.3 Å². The molecule has 0 bridgehead atoms.